The molecule has 2 N–H and O–H groups in total. The van der Waals surface area contributed by atoms with Crippen molar-refractivity contribution >= 4 is 40.3 Å². The van der Waals surface area contributed by atoms with Gasteiger partial charge < -0.3 is 20.0 Å². The van der Waals surface area contributed by atoms with Gasteiger partial charge in [-0.05, 0) is 49.2 Å². The highest BCUT2D eigenvalue weighted by molar-refractivity contribution is 8.15. The van der Waals surface area contributed by atoms with E-state index in [-0.39, 0.29) is 24.1 Å². The van der Waals surface area contributed by atoms with E-state index < -0.39 is 5.25 Å². The first-order chi connectivity index (χ1) is 15.1. The number of anilines is 1. The van der Waals surface area contributed by atoms with Crippen LogP contribution in [0.5, 0.6) is 0 Å². The maximum Gasteiger partial charge on any atom is 0.262 e. The van der Waals surface area contributed by atoms with Crippen molar-refractivity contribution < 1.29 is 18.8 Å². The van der Waals surface area contributed by atoms with E-state index >= 15 is 0 Å². The van der Waals surface area contributed by atoms with E-state index in [1.165, 1.54) is 11.8 Å². The lowest BCUT2D eigenvalue weighted by molar-refractivity contribution is -0.121. The standard InChI is InChI=1S/C22H24N4O4S/c27-19(14-18-21(29)25-22(31-18)26-11-1-2-12-26)24-16-7-5-15(6-8-16)20(28)23-10-9-17-4-3-13-30-17/h3-8,13,18H,1-2,9-12,14H2,(H,23,28)(H,24,27)/t18-/m0/s1. The fraction of sp³-hybridized carbons (Fsp3) is 0.364. The van der Waals surface area contributed by atoms with E-state index in [2.05, 4.69) is 20.5 Å². The minimum Gasteiger partial charge on any atom is -0.469 e. The fourth-order valence-corrected chi connectivity index (χ4v) is 4.61. The lowest BCUT2D eigenvalue weighted by Gasteiger charge is -2.16. The number of likely N-dealkylation sites (tertiary alicyclic amines) is 1. The van der Waals surface area contributed by atoms with Crippen LogP contribution in [-0.2, 0) is 16.0 Å². The first-order valence-corrected chi connectivity index (χ1v) is 11.2. The number of hydrogen-bond acceptors (Lipinski definition) is 6. The van der Waals surface area contributed by atoms with Gasteiger partial charge in [-0.25, -0.2) is 0 Å². The van der Waals surface area contributed by atoms with E-state index in [1.807, 2.05) is 12.1 Å². The van der Waals surface area contributed by atoms with Crippen molar-refractivity contribution in [3.05, 3.63) is 54.0 Å². The normalized spacial score (nSPS) is 18.2. The van der Waals surface area contributed by atoms with Crippen LogP contribution in [0.2, 0.25) is 0 Å². The van der Waals surface area contributed by atoms with E-state index in [0.717, 1.165) is 36.9 Å². The largest absolute Gasteiger partial charge is 0.469 e. The Morgan fingerprint density at radius 3 is 2.65 bits per heavy atom. The Bertz CT molecular complexity index is 966. The number of rotatable bonds is 7. The Morgan fingerprint density at radius 1 is 1.16 bits per heavy atom. The number of hydrogen-bond donors (Lipinski definition) is 2. The molecule has 1 fully saturated rings. The summed E-state index contributed by atoms with van der Waals surface area (Å²) < 4.78 is 5.24. The van der Waals surface area contributed by atoms with Crippen molar-refractivity contribution in [2.24, 2.45) is 4.99 Å². The molecular weight excluding hydrogens is 416 g/mol. The number of aliphatic imine (C=N–C) groups is 1. The molecule has 8 nitrogen and oxygen atoms in total. The zero-order valence-electron chi connectivity index (χ0n) is 17.0. The van der Waals surface area contributed by atoms with Gasteiger partial charge in [0.15, 0.2) is 5.17 Å². The molecule has 0 spiro atoms. The summed E-state index contributed by atoms with van der Waals surface area (Å²) in [4.78, 5) is 43.0. The Labute approximate surface area is 184 Å². The minimum atomic E-state index is -0.477. The molecule has 162 valence electrons. The first kappa shape index (κ1) is 21.2. The molecule has 3 heterocycles. The number of furan rings is 1. The summed E-state index contributed by atoms with van der Waals surface area (Å²) in [6, 6.07) is 10.3. The minimum absolute atomic E-state index is 0.0688. The predicted octanol–water partition coefficient (Wildman–Crippen LogP) is 2.67. The highest BCUT2D eigenvalue weighted by Gasteiger charge is 2.33. The number of amides is 3. The number of nitrogens with zero attached hydrogens (tertiary/aromatic N) is 2. The second-order valence-electron chi connectivity index (χ2n) is 7.45. The number of benzene rings is 1. The molecule has 0 saturated carbocycles. The lowest BCUT2D eigenvalue weighted by atomic mass is 10.2. The van der Waals surface area contributed by atoms with Gasteiger partial charge in [-0.2, -0.15) is 4.99 Å². The van der Waals surface area contributed by atoms with Crippen LogP contribution < -0.4 is 10.6 Å². The Kier molecular flexibility index (Phi) is 6.71. The van der Waals surface area contributed by atoms with E-state index in [4.69, 9.17) is 4.42 Å². The molecule has 31 heavy (non-hydrogen) atoms. The van der Waals surface area contributed by atoms with Crippen LogP contribution in [0.15, 0.2) is 52.1 Å². The Balaban J connectivity index is 1.22. The van der Waals surface area contributed by atoms with Crippen molar-refractivity contribution in [2.75, 3.05) is 25.0 Å². The Hall–Kier alpha value is -3.07. The Morgan fingerprint density at radius 2 is 1.94 bits per heavy atom. The molecule has 1 aromatic carbocycles. The molecule has 2 aliphatic rings. The van der Waals surface area contributed by atoms with Crippen molar-refractivity contribution in [1.29, 1.82) is 0 Å². The number of carbonyl (C=O) groups is 3. The molecule has 1 aromatic heterocycles. The first-order valence-electron chi connectivity index (χ1n) is 10.3. The number of nitrogens with one attached hydrogen (secondary N) is 2. The predicted molar refractivity (Wildman–Crippen MR) is 119 cm³/mol. The smallest absolute Gasteiger partial charge is 0.262 e. The van der Waals surface area contributed by atoms with Gasteiger partial charge in [-0.3, -0.25) is 14.4 Å². The van der Waals surface area contributed by atoms with Gasteiger partial charge >= 0.3 is 0 Å². The average molecular weight is 441 g/mol. The van der Waals surface area contributed by atoms with E-state index in [0.29, 0.717) is 24.2 Å². The molecule has 1 atom stereocenters. The fourth-order valence-electron chi connectivity index (χ4n) is 3.49. The summed E-state index contributed by atoms with van der Waals surface area (Å²) in [5, 5.41) is 5.88. The molecular formula is C22H24N4O4S. The van der Waals surface area contributed by atoms with E-state index in [1.54, 1.807) is 30.5 Å². The zero-order valence-corrected chi connectivity index (χ0v) is 17.8. The van der Waals surface area contributed by atoms with Crippen LogP contribution in [0.4, 0.5) is 5.69 Å². The van der Waals surface area contributed by atoms with Gasteiger partial charge in [-0.1, -0.05) is 11.8 Å². The molecule has 1 saturated heterocycles. The van der Waals surface area contributed by atoms with Gasteiger partial charge in [0, 0.05) is 43.7 Å². The SMILES string of the molecule is O=C(C[C@@H]1SC(N2CCCC2)=NC1=O)Nc1ccc(C(=O)NCCc2ccco2)cc1. The van der Waals surface area contributed by atoms with Crippen LogP contribution in [0.25, 0.3) is 0 Å². The van der Waals surface area contributed by atoms with Crippen molar-refractivity contribution in [2.45, 2.75) is 30.9 Å². The zero-order chi connectivity index (χ0) is 21.6. The molecule has 0 unspecified atom stereocenters. The quantitative estimate of drug-likeness (QED) is 0.686. The summed E-state index contributed by atoms with van der Waals surface area (Å²) in [7, 11) is 0. The molecule has 2 aromatic rings. The molecule has 0 aliphatic carbocycles. The number of thioether (sulfide) groups is 1. The van der Waals surface area contributed by atoms with Gasteiger partial charge in [-0.15, -0.1) is 0 Å². The lowest BCUT2D eigenvalue weighted by Crippen LogP contribution is -2.26. The van der Waals surface area contributed by atoms with Crippen LogP contribution in [-0.4, -0.2) is 52.7 Å². The third-order valence-electron chi connectivity index (χ3n) is 5.14. The number of amidine groups is 1. The summed E-state index contributed by atoms with van der Waals surface area (Å²) >= 11 is 1.37. The van der Waals surface area contributed by atoms with E-state index in [9.17, 15) is 14.4 Å². The maximum atomic E-state index is 12.4. The highest BCUT2D eigenvalue weighted by Crippen LogP contribution is 2.29. The van der Waals surface area contributed by atoms with Gasteiger partial charge in [0.2, 0.25) is 5.91 Å². The topological polar surface area (TPSA) is 104 Å². The summed E-state index contributed by atoms with van der Waals surface area (Å²) in [6.07, 6.45) is 4.51. The molecule has 9 heteroatoms. The summed E-state index contributed by atoms with van der Waals surface area (Å²) in [5.41, 5.74) is 1.08. The van der Waals surface area contributed by atoms with Gasteiger partial charge in [0.1, 0.15) is 11.0 Å². The van der Waals surface area contributed by atoms with Crippen LogP contribution in [0.1, 0.15) is 35.4 Å². The molecule has 2 aliphatic heterocycles. The monoisotopic (exact) mass is 440 g/mol. The second-order valence-corrected chi connectivity index (χ2v) is 8.62. The number of carbonyl (C=O) groups excluding carboxylic acids is 3. The second kappa shape index (κ2) is 9.82. The molecule has 3 amide bonds. The van der Waals surface area contributed by atoms with Crippen molar-refractivity contribution in [3.8, 4) is 0 Å². The van der Waals surface area contributed by atoms with Crippen LogP contribution in [0.3, 0.4) is 0 Å². The van der Waals surface area contributed by atoms with Crippen LogP contribution >= 0.6 is 11.8 Å². The summed E-state index contributed by atoms with van der Waals surface area (Å²) in [5.74, 6) is 0.127. The van der Waals surface area contributed by atoms with Crippen molar-refractivity contribution in [3.63, 3.8) is 0 Å². The highest BCUT2D eigenvalue weighted by atomic mass is 32.2. The summed E-state index contributed by atoms with van der Waals surface area (Å²) in [6.45, 7) is 2.31. The molecule has 0 bridgehead atoms. The molecule has 4 rings (SSSR count). The van der Waals surface area contributed by atoms with Gasteiger partial charge in [0.05, 0.1) is 6.26 Å². The average Bonchev–Trinajstić information content (AvgIpc) is 3.52. The van der Waals surface area contributed by atoms with Crippen molar-refractivity contribution in [1.82, 2.24) is 10.2 Å². The molecule has 0 radical (unpaired) electrons. The van der Waals surface area contributed by atoms with Crippen LogP contribution in [0, 0.1) is 0 Å². The third kappa shape index (κ3) is 5.55. The maximum absolute atomic E-state index is 12.4. The van der Waals surface area contributed by atoms with Gasteiger partial charge in [0.25, 0.3) is 11.8 Å². The third-order valence-corrected chi connectivity index (χ3v) is 6.36.